The molecule has 0 amide bonds. The van der Waals surface area contributed by atoms with Crippen LogP contribution < -0.4 is 0 Å². The monoisotopic (exact) mass is 151 g/mol. The zero-order valence-corrected chi connectivity index (χ0v) is 5.51. The molecule has 1 heterocycles. The SMILES string of the molecule is O=C1C=CC=C2N=NN(O)C12. The molecule has 0 saturated heterocycles. The summed E-state index contributed by atoms with van der Waals surface area (Å²) in [6.07, 6.45) is 4.62. The third kappa shape index (κ3) is 0.779. The van der Waals surface area contributed by atoms with Gasteiger partial charge in [-0.3, -0.25) is 10.0 Å². The highest BCUT2D eigenvalue weighted by Crippen LogP contribution is 2.22. The maximum absolute atomic E-state index is 11.0. The van der Waals surface area contributed by atoms with Gasteiger partial charge in [0, 0.05) is 0 Å². The largest absolute Gasteiger partial charge is 0.292 e. The summed E-state index contributed by atoms with van der Waals surface area (Å²) in [6.45, 7) is 0. The van der Waals surface area contributed by atoms with Gasteiger partial charge < -0.3 is 0 Å². The second-order valence-electron chi connectivity index (χ2n) is 2.27. The van der Waals surface area contributed by atoms with Crippen LogP contribution in [0.25, 0.3) is 0 Å². The number of hydroxylamine groups is 1. The van der Waals surface area contributed by atoms with Gasteiger partial charge in [-0.25, -0.2) is 0 Å². The minimum Gasteiger partial charge on any atom is -0.292 e. The number of fused-ring (bicyclic) bond motifs is 1. The van der Waals surface area contributed by atoms with E-state index in [1.165, 1.54) is 6.08 Å². The minimum absolute atomic E-state index is 0.199. The molecule has 0 aromatic rings. The number of allylic oxidation sites excluding steroid dienone is 2. The molecule has 0 radical (unpaired) electrons. The van der Waals surface area contributed by atoms with Crippen molar-refractivity contribution in [3.63, 3.8) is 0 Å². The Balaban J connectivity index is 2.41. The van der Waals surface area contributed by atoms with Gasteiger partial charge in [0.05, 0.1) is 5.70 Å². The van der Waals surface area contributed by atoms with Crippen LogP contribution in [0.4, 0.5) is 0 Å². The lowest BCUT2D eigenvalue weighted by Crippen LogP contribution is -2.33. The van der Waals surface area contributed by atoms with Gasteiger partial charge in [-0.15, -0.1) is 10.3 Å². The zero-order valence-electron chi connectivity index (χ0n) is 5.51. The second kappa shape index (κ2) is 2.00. The Morgan fingerprint density at radius 1 is 1.64 bits per heavy atom. The maximum atomic E-state index is 11.0. The lowest BCUT2D eigenvalue weighted by atomic mass is 10.1. The lowest BCUT2D eigenvalue weighted by Gasteiger charge is -2.13. The Hall–Kier alpha value is -1.49. The molecule has 1 unspecified atom stereocenters. The third-order valence-electron chi connectivity index (χ3n) is 1.56. The number of hydrogen-bond acceptors (Lipinski definition) is 5. The first-order valence-electron chi connectivity index (χ1n) is 3.11. The van der Waals surface area contributed by atoms with Crippen LogP contribution in [0.5, 0.6) is 0 Å². The first-order chi connectivity index (χ1) is 5.29. The smallest absolute Gasteiger partial charge is 0.188 e. The quantitative estimate of drug-likeness (QED) is 0.546. The molecule has 1 aliphatic heterocycles. The molecule has 0 saturated carbocycles. The number of rotatable bonds is 0. The Morgan fingerprint density at radius 3 is 3.18 bits per heavy atom. The molecule has 1 atom stereocenters. The van der Waals surface area contributed by atoms with E-state index in [0.29, 0.717) is 10.9 Å². The number of hydrogen-bond donors (Lipinski definition) is 1. The van der Waals surface area contributed by atoms with Gasteiger partial charge in [-0.2, -0.15) is 0 Å². The highest BCUT2D eigenvalue weighted by molar-refractivity contribution is 5.98. The number of carbonyl (C=O) groups excluding carboxylic acids is 1. The summed E-state index contributed by atoms with van der Waals surface area (Å²) >= 11 is 0. The van der Waals surface area contributed by atoms with Crippen LogP contribution in [0.2, 0.25) is 0 Å². The Kier molecular flexibility index (Phi) is 1.13. The summed E-state index contributed by atoms with van der Waals surface area (Å²) in [4.78, 5) is 11.0. The van der Waals surface area contributed by atoms with E-state index in [9.17, 15) is 4.79 Å². The highest BCUT2D eigenvalue weighted by atomic mass is 16.5. The fourth-order valence-corrected chi connectivity index (χ4v) is 1.04. The van der Waals surface area contributed by atoms with Gasteiger partial charge in [0.25, 0.3) is 0 Å². The van der Waals surface area contributed by atoms with Crippen molar-refractivity contribution in [2.75, 3.05) is 0 Å². The van der Waals surface area contributed by atoms with Crippen LogP contribution in [-0.4, -0.2) is 22.2 Å². The molecule has 0 fully saturated rings. The molecule has 56 valence electrons. The van der Waals surface area contributed by atoms with Gasteiger partial charge in [-0.05, 0) is 17.4 Å². The minimum atomic E-state index is -0.708. The van der Waals surface area contributed by atoms with Gasteiger partial charge >= 0.3 is 0 Å². The van der Waals surface area contributed by atoms with Crippen molar-refractivity contribution in [1.29, 1.82) is 0 Å². The molecule has 1 aliphatic carbocycles. The van der Waals surface area contributed by atoms with Crippen molar-refractivity contribution in [3.05, 3.63) is 23.9 Å². The van der Waals surface area contributed by atoms with E-state index >= 15 is 0 Å². The Morgan fingerprint density at radius 2 is 2.45 bits per heavy atom. The first-order valence-corrected chi connectivity index (χ1v) is 3.11. The summed E-state index contributed by atoms with van der Waals surface area (Å²) < 4.78 is 0. The second-order valence-corrected chi connectivity index (χ2v) is 2.27. The average Bonchev–Trinajstić information content (AvgIpc) is 2.34. The van der Waals surface area contributed by atoms with E-state index in [-0.39, 0.29) is 5.78 Å². The van der Waals surface area contributed by atoms with Gasteiger partial charge in [0.1, 0.15) is 0 Å². The average molecular weight is 151 g/mol. The topological polar surface area (TPSA) is 65.3 Å². The molecule has 0 spiro atoms. The molecule has 0 aromatic heterocycles. The standard InChI is InChI=1S/C6H5N3O2/c10-5-3-1-2-4-6(5)9(11)8-7-4/h1-3,6,11H. The van der Waals surface area contributed by atoms with E-state index < -0.39 is 6.04 Å². The summed E-state index contributed by atoms with van der Waals surface area (Å²) in [5.74, 6) is -0.199. The van der Waals surface area contributed by atoms with Crippen LogP contribution in [-0.2, 0) is 4.79 Å². The molecule has 2 rings (SSSR count). The normalized spacial score (nSPS) is 27.4. The molecule has 5 nitrogen and oxygen atoms in total. The van der Waals surface area contributed by atoms with Gasteiger partial charge in [0.2, 0.25) is 0 Å². The van der Waals surface area contributed by atoms with Gasteiger partial charge in [0.15, 0.2) is 11.8 Å². The van der Waals surface area contributed by atoms with E-state index in [1.807, 2.05) is 0 Å². The predicted molar refractivity (Wildman–Crippen MR) is 34.5 cm³/mol. The van der Waals surface area contributed by atoms with Crippen LogP contribution in [0.3, 0.4) is 0 Å². The first kappa shape index (κ1) is 6.23. The highest BCUT2D eigenvalue weighted by Gasteiger charge is 2.33. The third-order valence-corrected chi connectivity index (χ3v) is 1.56. The van der Waals surface area contributed by atoms with E-state index in [1.54, 1.807) is 12.2 Å². The summed E-state index contributed by atoms with van der Waals surface area (Å²) in [5, 5.41) is 16.4. The summed E-state index contributed by atoms with van der Waals surface area (Å²) in [5.41, 5.74) is 0.486. The molecule has 5 heteroatoms. The molecule has 1 N–H and O–H groups in total. The van der Waals surface area contributed by atoms with Crippen molar-refractivity contribution < 1.29 is 10.0 Å². The molecule has 11 heavy (non-hydrogen) atoms. The van der Waals surface area contributed by atoms with Crippen molar-refractivity contribution in [3.8, 4) is 0 Å². The van der Waals surface area contributed by atoms with Crippen molar-refractivity contribution in [1.82, 2.24) is 5.17 Å². The maximum Gasteiger partial charge on any atom is 0.188 e. The number of carbonyl (C=O) groups is 1. The van der Waals surface area contributed by atoms with E-state index in [2.05, 4.69) is 10.3 Å². The Bertz CT molecular complexity index is 292. The molecule has 0 aromatic carbocycles. The van der Waals surface area contributed by atoms with Crippen molar-refractivity contribution in [2.45, 2.75) is 6.04 Å². The van der Waals surface area contributed by atoms with E-state index in [4.69, 9.17) is 5.21 Å². The summed E-state index contributed by atoms with van der Waals surface area (Å²) in [7, 11) is 0. The van der Waals surface area contributed by atoms with Crippen LogP contribution >= 0.6 is 0 Å². The fourth-order valence-electron chi connectivity index (χ4n) is 1.04. The van der Waals surface area contributed by atoms with Crippen molar-refractivity contribution in [2.24, 2.45) is 10.3 Å². The van der Waals surface area contributed by atoms with Crippen LogP contribution in [0.1, 0.15) is 0 Å². The molecular formula is C6H5N3O2. The summed E-state index contributed by atoms with van der Waals surface area (Å²) in [6, 6.07) is -0.708. The number of ketones is 1. The van der Waals surface area contributed by atoms with Crippen molar-refractivity contribution >= 4 is 5.78 Å². The molecular weight excluding hydrogens is 146 g/mol. The molecule has 2 aliphatic rings. The fraction of sp³-hybridized carbons (Fsp3) is 0.167. The zero-order chi connectivity index (χ0) is 7.84. The van der Waals surface area contributed by atoms with Crippen LogP contribution in [0, 0.1) is 0 Å². The Labute approximate surface area is 62.3 Å². The lowest BCUT2D eigenvalue weighted by molar-refractivity contribution is -0.140. The van der Waals surface area contributed by atoms with E-state index in [0.717, 1.165) is 0 Å². The number of nitrogens with zero attached hydrogens (tertiary/aromatic N) is 3. The predicted octanol–water partition coefficient (Wildman–Crippen LogP) is 0.450. The van der Waals surface area contributed by atoms with Crippen LogP contribution in [0.15, 0.2) is 34.3 Å². The molecule has 0 bridgehead atoms. The van der Waals surface area contributed by atoms with Gasteiger partial charge in [-0.1, -0.05) is 6.08 Å².